The second kappa shape index (κ2) is 8.25. The molecule has 0 radical (unpaired) electrons. The number of nitrogens with zero attached hydrogens (tertiary/aromatic N) is 2. The van der Waals surface area contributed by atoms with E-state index in [1.54, 1.807) is 0 Å². The first kappa shape index (κ1) is 21.7. The van der Waals surface area contributed by atoms with Gasteiger partial charge in [0.05, 0.1) is 5.52 Å². The zero-order chi connectivity index (χ0) is 25.0. The average molecular weight is 477 g/mol. The van der Waals surface area contributed by atoms with Gasteiger partial charge in [-0.2, -0.15) is 0 Å². The van der Waals surface area contributed by atoms with Gasteiger partial charge in [0.1, 0.15) is 0 Å². The molecule has 0 aliphatic heterocycles. The van der Waals surface area contributed by atoms with Crippen molar-refractivity contribution in [3.8, 4) is 16.8 Å². The first-order valence-electron chi connectivity index (χ1n) is 12.9. The Kier molecular flexibility index (Phi) is 4.84. The topological polar surface area (TPSA) is 8.17 Å². The third kappa shape index (κ3) is 3.33. The van der Waals surface area contributed by atoms with Crippen LogP contribution < -0.4 is 4.90 Å². The van der Waals surface area contributed by atoms with E-state index in [2.05, 4.69) is 157 Å². The molecule has 0 unspecified atom stereocenters. The fourth-order valence-electron chi connectivity index (χ4n) is 5.99. The normalized spacial score (nSPS) is 13.4. The van der Waals surface area contributed by atoms with E-state index >= 15 is 0 Å². The number of hydrogen-bond donors (Lipinski definition) is 0. The van der Waals surface area contributed by atoms with E-state index in [1.807, 2.05) is 0 Å². The third-order valence-corrected chi connectivity index (χ3v) is 7.81. The lowest BCUT2D eigenvalue weighted by atomic mass is 9.82. The molecule has 2 heteroatoms. The summed E-state index contributed by atoms with van der Waals surface area (Å²) in [5, 5.41) is 1.27. The summed E-state index contributed by atoms with van der Waals surface area (Å²) in [7, 11) is 0. The van der Waals surface area contributed by atoms with E-state index in [-0.39, 0.29) is 5.41 Å². The van der Waals surface area contributed by atoms with Crippen molar-refractivity contribution in [2.45, 2.75) is 19.3 Å². The minimum Gasteiger partial charge on any atom is -0.316 e. The maximum atomic E-state index is 2.35. The highest BCUT2D eigenvalue weighted by atomic mass is 15.1. The van der Waals surface area contributed by atoms with Crippen LogP contribution in [-0.2, 0) is 5.41 Å². The van der Waals surface area contributed by atoms with Gasteiger partial charge < -0.3 is 9.47 Å². The van der Waals surface area contributed by atoms with Crippen LogP contribution in [0.1, 0.15) is 25.0 Å². The van der Waals surface area contributed by atoms with Gasteiger partial charge in [0.15, 0.2) is 0 Å². The van der Waals surface area contributed by atoms with Crippen LogP contribution in [0.3, 0.4) is 0 Å². The van der Waals surface area contributed by atoms with E-state index in [1.165, 1.54) is 33.2 Å². The van der Waals surface area contributed by atoms with Crippen molar-refractivity contribution in [1.29, 1.82) is 0 Å². The minimum absolute atomic E-state index is 0.00899. The summed E-state index contributed by atoms with van der Waals surface area (Å²) < 4.78 is 2.35. The molecule has 178 valence electrons. The summed E-state index contributed by atoms with van der Waals surface area (Å²) >= 11 is 0. The molecule has 0 atom stereocenters. The highest BCUT2D eigenvalue weighted by Crippen LogP contribution is 2.51. The Bertz CT molecular complexity index is 1690. The van der Waals surface area contributed by atoms with Gasteiger partial charge in [-0.3, -0.25) is 0 Å². The average Bonchev–Trinajstić information content (AvgIpc) is 3.48. The fourth-order valence-corrected chi connectivity index (χ4v) is 5.99. The van der Waals surface area contributed by atoms with Crippen molar-refractivity contribution in [2.75, 3.05) is 4.90 Å². The Morgan fingerprint density at radius 3 is 1.81 bits per heavy atom. The second-order valence-electron chi connectivity index (χ2n) is 10.3. The van der Waals surface area contributed by atoms with Crippen molar-refractivity contribution in [2.24, 2.45) is 0 Å². The van der Waals surface area contributed by atoms with Crippen LogP contribution in [0.5, 0.6) is 0 Å². The first-order valence-corrected chi connectivity index (χ1v) is 12.9. The van der Waals surface area contributed by atoms with Crippen LogP contribution in [0.4, 0.5) is 17.1 Å². The molecule has 0 spiro atoms. The molecule has 0 amide bonds. The molecule has 7 rings (SSSR count). The quantitative estimate of drug-likeness (QED) is 0.246. The van der Waals surface area contributed by atoms with Crippen molar-refractivity contribution in [1.82, 2.24) is 4.57 Å². The molecular weight excluding hydrogens is 448 g/mol. The first-order chi connectivity index (χ1) is 18.1. The van der Waals surface area contributed by atoms with Crippen LogP contribution in [0.15, 0.2) is 134 Å². The van der Waals surface area contributed by atoms with Crippen LogP contribution in [-0.4, -0.2) is 4.57 Å². The maximum absolute atomic E-state index is 2.35. The highest BCUT2D eigenvalue weighted by molar-refractivity contribution is 6.01. The summed E-state index contributed by atoms with van der Waals surface area (Å²) in [6.07, 6.45) is 2.21. The van der Waals surface area contributed by atoms with Crippen molar-refractivity contribution in [3.63, 3.8) is 0 Å². The predicted octanol–water partition coefficient (Wildman–Crippen LogP) is 9.41. The molecule has 0 fully saturated rings. The molecule has 1 aliphatic rings. The molecule has 0 saturated carbocycles. The van der Waals surface area contributed by atoms with E-state index in [0.29, 0.717) is 0 Å². The summed E-state index contributed by atoms with van der Waals surface area (Å²) in [6, 6.07) is 45.7. The summed E-state index contributed by atoms with van der Waals surface area (Å²) in [4.78, 5) is 2.30. The van der Waals surface area contributed by atoms with E-state index in [9.17, 15) is 0 Å². The number of aromatic nitrogens is 1. The molecule has 37 heavy (non-hydrogen) atoms. The number of hydrogen-bond acceptors (Lipinski definition) is 1. The molecule has 0 N–H and O–H groups in total. The Morgan fingerprint density at radius 1 is 0.541 bits per heavy atom. The predicted molar refractivity (Wildman–Crippen MR) is 156 cm³/mol. The second-order valence-corrected chi connectivity index (χ2v) is 10.3. The molecule has 5 aromatic carbocycles. The standard InChI is InChI=1S/C35H28N2/c1-35(2)31-16-10-9-15-30(31)33-32(35)22-17-25-23-24-36(34(25)33)26-18-20-29(21-19-26)37(27-11-5-3-6-12-27)28-13-7-4-8-14-28/h3-24H,1-2H3. The largest absolute Gasteiger partial charge is 0.316 e. The van der Waals surface area contributed by atoms with Crippen LogP contribution >= 0.6 is 0 Å². The van der Waals surface area contributed by atoms with Gasteiger partial charge in [-0.15, -0.1) is 0 Å². The SMILES string of the molecule is CC1(C)c2ccccc2-c2c1ccc1ccn(-c3ccc(N(c4ccccc4)c4ccccc4)cc3)c21. The van der Waals surface area contributed by atoms with Crippen LogP contribution in [0.2, 0.25) is 0 Å². The van der Waals surface area contributed by atoms with Gasteiger partial charge in [0, 0.05) is 45.3 Å². The summed E-state index contributed by atoms with van der Waals surface area (Å²) in [5.74, 6) is 0. The van der Waals surface area contributed by atoms with E-state index in [4.69, 9.17) is 0 Å². The number of benzene rings is 5. The molecule has 0 saturated heterocycles. The Hall–Kier alpha value is -4.56. The van der Waals surface area contributed by atoms with Gasteiger partial charge in [-0.05, 0) is 71.3 Å². The van der Waals surface area contributed by atoms with Gasteiger partial charge in [0.2, 0.25) is 0 Å². The number of anilines is 3. The van der Waals surface area contributed by atoms with Crippen LogP contribution in [0, 0.1) is 0 Å². The van der Waals surface area contributed by atoms with Crippen molar-refractivity contribution in [3.05, 3.63) is 145 Å². The Morgan fingerprint density at radius 2 is 1.14 bits per heavy atom. The lowest BCUT2D eigenvalue weighted by molar-refractivity contribution is 0.661. The van der Waals surface area contributed by atoms with Crippen molar-refractivity contribution >= 4 is 28.0 Å². The highest BCUT2D eigenvalue weighted by Gasteiger charge is 2.36. The molecule has 2 nitrogen and oxygen atoms in total. The molecule has 1 heterocycles. The Balaban J connectivity index is 1.37. The molecule has 6 aromatic rings. The molecular formula is C35H28N2. The monoisotopic (exact) mass is 476 g/mol. The molecule has 1 aromatic heterocycles. The number of rotatable bonds is 4. The van der Waals surface area contributed by atoms with Gasteiger partial charge in [0.25, 0.3) is 0 Å². The third-order valence-electron chi connectivity index (χ3n) is 7.81. The Labute approximate surface area is 218 Å². The van der Waals surface area contributed by atoms with Gasteiger partial charge in [-0.1, -0.05) is 86.6 Å². The minimum atomic E-state index is -0.00899. The molecule has 1 aliphatic carbocycles. The zero-order valence-corrected chi connectivity index (χ0v) is 21.1. The van der Waals surface area contributed by atoms with E-state index < -0.39 is 0 Å². The number of fused-ring (bicyclic) bond motifs is 5. The summed E-state index contributed by atoms with van der Waals surface area (Å²) in [6.45, 7) is 4.68. The van der Waals surface area contributed by atoms with Gasteiger partial charge in [-0.25, -0.2) is 0 Å². The van der Waals surface area contributed by atoms with Gasteiger partial charge >= 0.3 is 0 Å². The number of para-hydroxylation sites is 2. The molecule has 0 bridgehead atoms. The zero-order valence-electron chi connectivity index (χ0n) is 21.1. The fraction of sp³-hybridized carbons (Fsp3) is 0.0857. The van der Waals surface area contributed by atoms with Crippen molar-refractivity contribution < 1.29 is 0 Å². The smallest absolute Gasteiger partial charge is 0.0610 e. The van der Waals surface area contributed by atoms with E-state index in [0.717, 1.165) is 22.7 Å². The van der Waals surface area contributed by atoms with Crippen LogP contribution in [0.25, 0.3) is 27.7 Å². The lowest BCUT2D eigenvalue weighted by Gasteiger charge is -2.25. The lowest BCUT2D eigenvalue weighted by Crippen LogP contribution is -2.14. The maximum Gasteiger partial charge on any atom is 0.0610 e. The summed E-state index contributed by atoms with van der Waals surface area (Å²) in [5.41, 5.74) is 11.4.